The average molecular weight is 283 g/mol. The van der Waals surface area contributed by atoms with E-state index >= 15 is 0 Å². The Bertz CT molecular complexity index is 665. The molecule has 0 saturated carbocycles. The highest BCUT2D eigenvalue weighted by Gasteiger charge is 2.21. The van der Waals surface area contributed by atoms with Crippen LogP contribution in [0.25, 0.3) is 0 Å². The van der Waals surface area contributed by atoms with Crippen molar-refractivity contribution in [2.45, 2.75) is 24.8 Å². The first-order chi connectivity index (χ1) is 8.90. The quantitative estimate of drug-likeness (QED) is 0.900. The number of halogens is 1. The van der Waals surface area contributed by atoms with Gasteiger partial charge in [0.25, 0.3) is 0 Å². The van der Waals surface area contributed by atoms with Crippen LogP contribution in [0.1, 0.15) is 24.2 Å². The van der Waals surface area contributed by atoms with Gasteiger partial charge in [-0.2, -0.15) is 5.10 Å². The van der Waals surface area contributed by atoms with Crippen molar-refractivity contribution in [1.82, 2.24) is 14.9 Å². The molecule has 19 heavy (non-hydrogen) atoms. The second-order valence-electron chi connectivity index (χ2n) is 4.25. The Labute approximate surface area is 110 Å². The van der Waals surface area contributed by atoms with Gasteiger partial charge in [-0.15, -0.1) is 0 Å². The second kappa shape index (κ2) is 5.10. The van der Waals surface area contributed by atoms with Crippen LogP contribution in [0.15, 0.2) is 35.4 Å². The molecule has 7 heteroatoms. The number of H-pyrrole nitrogens is 1. The number of aromatic nitrogens is 2. The highest BCUT2D eigenvalue weighted by Crippen LogP contribution is 2.18. The number of sulfonamides is 1. The maximum absolute atomic E-state index is 12.8. The Morgan fingerprint density at radius 2 is 1.95 bits per heavy atom. The number of hydrogen-bond donors (Lipinski definition) is 2. The zero-order chi connectivity index (χ0) is 14.0. The molecule has 1 unspecified atom stereocenters. The van der Waals surface area contributed by atoms with E-state index in [1.807, 2.05) is 0 Å². The van der Waals surface area contributed by atoms with E-state index in [-0.39, 0.29) is 10.7 Å². The molecule has 2 N–H and O–H groups in total. The molecule has 1 atom stereocenters. The highest BCUT2D eigenvalue weighted by atomic mass is 32.2. The van der Waals surface area contributed by atoms with Crippen molar-refractivity contribution in [3.63, 3.8) is 0 Å². The van der Waals surface area contributed by atoms with E-state index in [4.69, 9.17) is 0 Å². The predicted molar refractivity (Wildman–Crippen MR) is 68.5 cm³/mol. The van der Waals surface area contributed by atoms with E-state index in [0.717, 1.165) is 0 Å². The summed E-state index contributed by atoms with van der Waals surface area (Å²) in [6.45, 7) is 3.32. The number of hydrogen-bond acceptors (Lipinski definition) is 3. The van der Waals surface area contributed by atoms with Crippen molar-refractivity contribution in [3.05, 3.63) is 47.5 Å². The molecule has 0 aliphatic heterocycles. The Hall–Kier alpha value is -1.73. The molecule has 0 spiro atoms. The minimum absolute atomic E-state index is 0.112. The van der Waals surface area contributed by atoms with Crippen LogP contribution in [0.3, 0.4) is 0 Å². The molecular weight excluding hydrogens is 269 g/mol. The van der Waals surface area contributed by atoms with E-state index in [1.54, 1.807) is 26.0 Å². The lowest BCUT2D eigenvalue weighted by atomic mass is 10.1. The predicted octanol–water partition coefficient (Wildman–Crippen LogP) is 1.90. The normalized spacial score (nSPS) is 13.4. The Kier molecular flexibility index (Phi) is 3.68. The Morgan fingerprint density at radius 3 is 2.47 bits per heavy atom. The van der Waals surface area contributed by atoms with E-state index in [9.17, 15) is 12.8 Å². The summed E-state index contributed by atoms with van der Waals surface area (Å²) in [5, 5.41) is 6.26. The zero-order valence-electron chi connectivity index (χ0n) is 10.5. The van der Waals surface area contributed by atoms with Gasteiger partial charge in [-0.1, -0.05) is 12.1 Å². The number of aryl methyl sites for hydroxylation is 1. The van der Waals surface area contributed by atoms with E-state index < -0.39 is 16.1 Å². The van der Waals surface area contributed by atoms with Crippen LogP contribution < -0.4 is 4.72 Å². The van der Waals surface area contributed by atoms with E-state index in [2.05, 4.69) is 14.9 Å². The van der Waals surface area contributed by atoms with Gasteiger partial charge in [0.1, 0.15) is 10.7 Å². The second-order valence-corrected chi connectivity index (χ2v) is 5.94. The van der Waals surface area contributed by atoms with Crippen LogP contribution in [0.5, 0.6) is 0 Å². The average Bonchev–Trinajstić information content (AvgIpc) is 2.76. The highest BCUT2D eigenvalue weighted by molar-refractivity contribution is 7.89. The van der Waals surface area contributed by atoms with Gasteiger partial charge in [-0.05, 0) is 31.5 Å². The molecule has 0 fully saturated rings. The lowest BCUT2D eigenvalue weighted by molar-refractivity contribution is 0.566. The van der Waals surface area contributed by atoms with Crippen LogP contribution in [0.2, 0.25) is 0 Å². The molecule has 0 aliphatic carbocycles. The fourth-order valence-corrected chi connectivity index (χ4v) is 3.09. The number of benzene rings is 1. The molecule has 0 saturated heterocycles. The molecule has 102 valence electrons. The van der Waals surface area contributed by atoms with Crippen LogP contribution in [-0.2, 0) is 10.0 Å². The summed E-state index contributed by atoms with van der Waals surface area (Å²) < 4.78 is 39.6. The molecule has 0 aliphatic rings. The summed E-state index contributed by atoms with van der Waals surface area (Å²) in [4.78, 5) is 0.112. The fourth-order valence-electron chi connectivity index (χ4n) is 1.73. The Balaban J connectivity index is 2.21. The molecule has 5 nitrogen and oxygen atoms in total. The maximum Gasteiger partial charge on any atom is 0.244 e. The molecule has 1 heterocycles. The van der Waals surface area contributed by atoms with Crippen molar-refractivity contribution in [3.8, 4) is 0 Å². The van der Waals surface area contributed by atoms with Gasteiger partial charge in [-0.25, -0.2) is 17.5 Å². The maximum atomic E-state index is 12.8. The lowest BCUT2D eigenvalue weighted by Crippen LogP contribution is -2.27. The van der Waals surface area contributed by atoms with E-state index in [0.29, 0.717) is 11.3 Å². The molecule has 0 bridgehead atoms. The number of nitrogens with one attached hydrogen (secondary N) is 2. The number of nitrogens with zero attached hydrogens (tertiary/aromatic N) is 1. The topological polar surface area (TPSA) is 74.8 Å². The third-order valence-electron chi connectivity index (χ3n) is 2.78. The van der Waals surface area contributed by atoms with Crippen LogP contribution in [0.4, 0.5) is 4.39 Å². The minimum atomic E-state index is -3.64. The van der Waals surface area contributed by atoms with Gasteiger partial charge in [0, 0.05) is 6.04 Å². The number of rotatable bonds is 4. The first-order valence-electron chi connectivity index (χ1n) is 5.68. The monoisotopic (exact) mass is 283 g/mol. The summed E-state index contributed by atoms with van der Waals surface area (Å²) in [5.41, 5.74) is 1.16. The van der Waals surface area contributed by atoms with Gasteiger partial charge in [0.05, 0.1) is 11.9 Å². The summed E-state index contributed by atoms with van der Waals surface area (Å²) in [5.74, 6) is -0.357. The van der Waals surface area contributed by atoms with Crippen molar-refractivity contribution in [2.24, 2.45) is 0 Å². The van der Waals surface area contributed by atoms with Crippen molar-refractivity contribution in [2.75, 3.05) is 0 Å². The molecule has 2 aromatic rings. The fraction of sp³-hybridized carbons (Fsp3) is 0.250. The Morgan fingerprint density at radius 1 is 1.32 bits per heavy atom. The van der Waals surface area contributed by atoms with Crippen LogP contribution in [0, 0.1) is 12.7 Å². The zero-order valence-corrected chi connectivity index (χ0v) is 11.3. The van der Waals surface area contributed by atoms with Gasteiger partial charge in [0.2, 0.25) is 10.0 Å². The largest absolute Gasteiger partial charge is 0.281 e. The molecule has 1 aromatic carbocycles. The van der Waals surface area contributed by atoms with Gasteiger partial charge >= 0.3 is 0 Å². The van der Waals surface area contributed by atoms with E-state index in [1.165, 1.54) is 18.3 Å². The first-order valence-corrected chi connectivity index (χ1v) is 7.16. The molecule has 0 amide bonds. The summed E-state index contributed by atoms with van der Waals surface area (Å²) >= 11 is 0. The van der Waals surface area contributed by atoms with Gasteiger partial charge in [-0.3, -0.25) is 5.10 Å². The third-order valence-corrected chi connectivity index (χ3v) is 4.43. The molecular formula is C12H14FN3O2S. The summed E-state index contributed by atoms with van der Waals surface area (Å²) in [7, 11) is -3.64. The van der Waals surface area contributed by atoms with Crippen molar-refractivity contribution < 1.29 is 12.8 Å². The van der Waals surface area contributed by atoms with Crippen molar-refractivity contribution >= 4 is 10.0 Å². The third kappa shape index (κ3) is 2.99. The van der Waals surface area contributed by atoms with Gasteiger partial charge < -0.3 is 0 Å². The minimum Gasteiger partial charge on any atom is -0.281 e. The molecule has 1 aromatic heterocycles. The molecule has 0 radical (unpaired) electrons. The molecule has 2 rings (SSSR count). The summed E-state index contributed by atoms with van der Waals surface area (Å²) in [6.07, 6.45) is 1.26. The van der Waals surface area contributed by atoms with Gasteiger partial charge in [0.15, 0.2) is 0 Å². The first kappa shape index (κ1) is 13.7. The smallest absolute Gasteiger partial charge is 0.244 e. The SMILES string of the molecule is Cc1[nH]ncc1S(=O)(=O)NC(C)c1ccc(F)cc1. The van der Waals surface area contributed by atoms with Crippen LogP contribution in [-0.4, -0.2) is 18.6 Å². The van der Waals surface area contributed by atoms with Crippen molar-refractivity contribution in [1.29, 1.82) is 0 Å². The standard InChI is InChI=1S/C12H14FN3O2S/c1-8(10-3-5-11(13)6-4-10)16-19(17,18)12-7-14-15-9(12)2/h3-8,16H,1-2H3,(H,14,15). The summed E-state index contributed by atoms with van der Waals surface area (Å²) in [6, 6.07) is 5.22. The number of aromatic amines is 1. The lowest BCUT2D eigenvalue weighted by Gasteiger charge is -2.14. The van der Waals surface area contributed by atoms with Crippen LogP contribution >= 0.6 is 0 Å².